The number of anilines is 1. The van der Waals surface area contributed by atoms with Crippen LogP contribution in [0.3, 0.4) is 0 Å². The summed E-state index contributed by atoms with van der Waals surface area (Å²) < 4.78 is 5.04. The molecule has 1 heterocycles. The maximum atomic E-state index is 12.6. The Morgan fingerprint density at radius 2 is 2.18 bits per heavy atom. The summed E-state index contributed by atoms with van der Waals surface area (Å²) >= 11 is 0. The second kappa shape index (κ2) is 7.59. The Hall–Kier alpha value is -2.37. The van der Waals surface area contributed by atoms with Crippen molar-refractivity contribution in [2.75, 3.05) is 25.0 Å². The van der Waals surface area contributed by atoms with Crippen LogP contribution in [0.4, 0.5) is 5.69 Å². The summed E-state index contributed by atoms with van der Waals surface area (Å²) in [6.07, 6.45) is 2.04. The molecule has 1 fully saturated rings. The molecule has 1 aromatic carbocycles. The third-order valence-electron chi connectivity index (χ3n) is 3.70. The number of hydrogen-bond donors (Lipinski definition) is 1. The highest BCUT2D eigenvalue weighted by molar-refractivity contribution is 6.01. The molecule has 1 unspecified atom stereocenters. The quantitative estimate of drug-likeness (QED) is 0.663. The molecule has 1 aromatic rings. The molecular weight excluding hydrogens is 284 g/mol. The molecule has 1 aliphatic rings. The molecule has 0 bridgehead atoms. The van der Waals surface area contributed by atoms with Gasteiger partial charge < -0.3 is 15.0 Å². The zero-order valence-electron chi connectivity index (χ0n) is 12.6. The lowest BCUT2D eigenvalue weighted by Crippen LogP contribution is -2.43. The molecule has 118 valence electrons. The van der Waals surface area contributed by atoms with Gasteiger partial charge in [0, 0.05) is 13.1 Å². The van der Waals surface area contributed by atoms with Crippen molar-refractivity contribution in [2.45, 2.75) is 19.8 Å². The molecule has 6 nitrogen and oxygen atoms in total. The van der Waals surface area contributed by atoms with Gasteiger partial charge in [-0.2, -0.15) is 0 Å². The fourth-order valence-corrected chi connectivity index (χ4v) is 2.64. The van der Waals surface area contributed by atoms with Gasteiger partial charge in [0.2, 0.25) is 6.41 Å². The Morgan fingerprint density at radius 3 is 2.91 bits per heavy atom. The third-order valence-corrected chi connectivity index (χ3v) is 3.70. The highest BCUT2D eigenvalue weighted by Crippen LogP contribution is 2.22. The normalized spacial score (nSPS) is 17.7. The van der Waals surface area contributed by atoms with Crippen LogP contribution in [0.5, 0.6) is 0 Å². The number of nitrogens with zero attached hydrogens (tertiary/aromatic N) is 1. The van der Waals surface area contributed by atoms with Crippen LogP contribution in [0.25, 0.3) is 0 Å². The lowest BCUT2D eigenvalue weighted by molar-refractivity contribution is -0.149. The van der Waals surface area contributed by atoms with Crippen molar-refractivity contribution in [2.24, 2.45) is 5.92 Å². The van der Waals surface area contributed by atoms with Crippen molar-refractivity contribution in [3.8, 4) is 0 Å². The van der Waals surface area contributed by atoms with Crippen molar-refractivity contribution in [3.63, 3.8) is 0 Å². The Labute approximate surface area is 129 Å². The summed E-state index contributed by atoms with van der Waals surface area (Å²) in [6.45, 7) is 3.07. The average molecular weight is 304 g/mol. The Kier molecular flexibility index (Phi) is 5.52. The van der Waals surface area contributed by atoms with Gasteiger partial charge in [0.15, 0.2) is 0 Å². The minimum Gasteiger partial charge on any atom is -0.466 e. The molecule has 1 atom stereocenters. The number of amides is 2. The van der Waals surface area contributed by atoms with Crippen LogP contribution in [0.1, 0.15) is 30.1 Å². The molecule has 1 saturated heterocycles. The molecule has 22 heavy (non-hydrogen) atoms. The first-order valence-corrected chi connectivity index (χ1v) is 7.42. The van der Waals surface area contributed by atoms with Crippen LogP contribution in [0.2, 0.25) is 0 Å². The van der Waals surface area contributed by atoms with E-state index in [0.717, 1.165) is 12.8 Å². The van der Waals surface area contributed by atoms with E-state index in [4.69, 9.17) is 4.74 Å². The van der Waals surface area contributed by atoms with E-state index in [2.05, 4.69) is 5.32 Å². The lowest BCUT2D eigenvalue weighted by Gasteiger charge is -2.32. The van der Waals surface area contributed by atoms with E-state index in [1.165, 1.54) is 0 Å². The van der Waals surface area contributed by atoms with E-state index >= 15 is 0 Å². The molecule has 0 aliphatic carbocycles. The van der Waals surface area contributed by atoms with Crippen molar-refractivity contribution >= 4 is 24.0 Å². The smallest absolute Gasteiger partial charge is 0.310 e. The Morgan fingerprint density at radius 1 is 1.41 bits per heavy atom. The van der Waals surface area contributed by atoms with E-state index in [1.807, 2.05) is 0 Å². The van der Waals surface area contributed by atoms with Crippen LogP contribution in [0.15, 0.2) is 24.3 Å². The topological polar surface area (TPSA) is 75.7 Å². The molecule has 0 spiro atoms. The Balaban J connectivity index is 2.12. The number of carbonyl (C=O) groups excluding carboxylic acids is 3. The average Bonchev–Trinajstić information content (AvgIpc) is 2.55. The van der Waals surface area contributed by atoms with Crippen LogP contribution in [-0.2, 0) is 14.3 Å². The van der Waals surface area contributed by atoms with Gasteiger partial charge in [-0.3, -0.25) is 14.4 Å². The van der Waals surface area contributed by atoms with Gasteiger partial charge in [0.05, 0.1) is 23.8 Å². The minimum absolute atomic E-state index is 0.182. The molecule has 2 rings (SSSR count). The first kappa shape index (κ1) is 16.0. The van der Waals surface area contributed by atoms with Gasteiger partial charge in [-0.1, -0.05) is 12.1 Å². The van der Waals surface area contributed by atoms with Gasteiger partial charge in [0.25, 0.3) is 5.91 Å². The summed E-state index contributed by atoms with van der Waals surface area (Å²) in [5.74, 6) is -0.706. The standard InChI is InChI=1S/C16H20N2O4/c1-2-22-16(21)12-6-5-9-18(10-12)15(20)13-7-3-4-8-14(13)17-11-19/h3-4,7-8,11-12H,2,5-6,9-10H2,1H3,(H,17,19). The second-order valence-electron chi connectivity index (χ2n) is 5.15. The molecule has 1 N–H and O–H groups in total. The van der Waals surface area contributed by atoms with E-state index in [-0.39, 0.29) is 17.8 Å². The molecule has 0 radical (unpaired) electrons. The zero-order valence-corrected chi connectivity index (χ0v) is 12.6. The molecule has 1 aliphatic heterocycles. The number of para-hydroxylation sites is 1. The molecule has 0 aromatic heterocycles. The number of hydrogen-bond acceptors (Lipinski definition) is 4. The number of carbonyl (C=O) groups is 3. The van der Waals surface area contributed by atoms with E-state index in [9.17, 15) is 14.4 Å². The van der Waals surface area contributed by atoms with E-state index in [1.54, 1.807) is 36.1 Å². The monoisotopic (exact) mass is 304 g/mol. The van der Waals surface area contributed by atoms with Crippen LogP contribution in [-0.4, -0.2) is 42.9 Å². The maximum Gasteiger partial charge on any atom is 0.310 e. The number of ether oxygens (including phenoxy) is 1. The molecule has 2 amide bonds. The predicted octanol–water partition coefficient (Wildman–Crippen LogP) is 1.67. The number of nitrogens with one attached hydrogen (secondary N) is 1. The summed E-state index contributed by atoms with van der Waals surface area (Å²) in [5.41, 5.74) is 0.903. The molecule has 0 saturated carbocycles. The number of benzene rings is 1. The van der Waals surface area contributed by atoms with Crippen molar-refractivity contribution in [1.82, 2.24) is 4.90 Å². The molecule has 6 heteroatoms. The van der Waals surface area contributed by atoms with Gasteiger partial charge in [-0.05, 0) is 31.9 Å². The maximum absolute atomic E-state index is 12.6. The third kappa shape index (κ3) is 3.63. The molecular formula is C16H20N2O4. The lowest BCUT2D eigenvalue weighted by atomic mass is 9.97. The fraction of sp³-hybridized carbons (Fsp3) is 0.438. The van der Waals surface area contributed by atoms with Gasteiger partial charge >= 0.3 is 5.97 Å². The van der Waals surface area contributed by atoms with Gasteiger partial charge in [-0.25, -0.2) is 0 Å². The van der Waals surface area contributed by atoms with Crippen LogP contribution >= 0.6 is 0 Å². The number of piperidine rings is 1. The predicted molar refractivity (Wildman–Crippen MR) is 81.4 cm³/mol. The van der Waals surface area contributed by atoms with Crippen LogP contribution in [0, 0.1) is 5.92 Å². The second-order valence-corrected chi connectivity index (χ2v) is 5.15. The van der Waals surface area contributed by atoms with Crippen LogP contribution < -0.4 is 5.32 Å². The minimum atomic E-state index is -0.274. The zero-order chi connectivity index (χ0) is 15.9. The van der Waals surface area contributed by atoms with Gasteiger partial charge in [0.1, 0.15) is 0 Å². The number of rotatable bonds is 5. The summed E-state index contributed by atoms with van der Waals surface area (Å²) in [6, 6.07) is 6.84. The largest absolute Gasteiger partial charge is 0.466 e. The SMILES string of the molecule is CCOC(=O)C1CCCN(C(=O)c2ccccc2NC=O)C1. The van der Waals surface area contributed by atoms with Crippen molar-refractivity contribution in [1.29, 1.82) is 0 Å². The summed E-state index contributed by atoms with van der Waals surface area (Å²) in [5, 5.41) is 2.53. The summed E-state index contributed by atoms with van der Waals surface area (Å²) in [4.78, 5) is 36.8. The number of esters is 1. The first-order chi connectivity index (χ1) is 10.7. The van der Waals surface area contributed by atoms with E-state index < -0.39 is 0 Å². The Bertz CT molecular complexity index is 559. The fourth-order valence-electron chi connectivity index (χ4n) is 2.64. The number of likely N-dealkylation sites (tertiary alicyclic amines) is 1. The highest BCUT2D eigenvalue weighted by Gasteiger charge is 2.30. The highest BCUT2D eigenvalue weighted by atomic mass is 16.5. The van der Waals surface area contributed by atoms with Crippen molar-refractivity contribution < 1.29 is 19.1 Å². The summed E-state index contributed by atoms with van der Waals surface area (Å²) in [7, 11) is 0. The van der Waals surface area contributed by atoms with E-state index in [0.29, 0.717) is 37.4 Å². The van der Waals surface area contributed by atoms with Gasteiger partial charge in [-0.15, -0.1) is 0 Å². The first-order valence-electron chi connectivity index (χ1n) is 7.42. The van der Waals surface area contributed by atoms with Crippen molar-refractivity contribution in [3.05, 3.63) is 29.8 Å².